The lowest BCUT2D eigenvalue weighted by Gasteiger charge is -2.25. The predicted octanol–water partition coefficient (Wildman–Crippen LogP) is 4.93. The van der Waals surface area contributed by atoms with Gasteiger partial charge in [0.25, 0.3) is 11.7 Å². The number of amides is 1. The Kier molecular flexibility index (Phi) is 7.46. The van der Waals surface area contributed by atoms with Gasteiger partial charge in [0.1, 0.15) is 11.5 Å². The second kappa shape index (κ2) is 10.1. The lowest BCUT2D eigenvalue weighted by molar-refractivity contribution is -0.139. The fraction of sp³-hybridized carbons (Fsp3) is 0.407. The number of ether oxygens (including phenoxy) is 1. The van der Waals surface area contributed by atoms with Crippen molar-refractivity contribution in [2.45, 2.75) is 40.2 Å². The van der Waals surface area contributed by atoms with Crippen molar-refractivity contribution in [1.82, 2.24) is 4.90 Å². The minimum Gasteiger partial charge on any atom is -0.507 e. The predicted molar refractivity (Wildman–Crippen MR) is 132 cm³/mol. The van der Waals surface area contributed by atoms with Gasteiger partial charge >= 0.3 is 0 Å². The summed E-state index contributed by atoms with van der Waals surface area (Å²) >= 11 is 0. The van der Waals surface area contributed by atoms with Crippen LogP contribution in [-0.2, 0) is 9.59 Å². The minimum atomic E-state index is -0.652. The number of aryl methyl sites for hydroxylation is 1. The number of hydrogen-bond donors (Lipinski definition) is 1. The van der Waals surface area contributed by atoms with Crippen LogP contribution < -0.4 is 9.64 Å². The van der Waals surface area contributed by atoms with E-state index in [4.69, 9.17) is 4.74 Å². The minimum absolute atomic E-state index is 0.126. The SMILES string of the molecule is CCCN1C(=O)C(=O)/C(=C(\O)c2ccc(OCC(C)C)c(C)c2)C1c1ccc(N(C)C)cc1. The molecule has 33 heavy (non-hydrogen) atoms. The summed E-state index contributed by atoms with van der Waals surface area (Å²) in [6.45, 7) is 9.05. The molecule has 2 aromatic rings. The summed E-state index contributed by atoms with van der Waals surface area (Å²) in [7, 11) is 3.91. The number of ketones is 1. The lowest BCUT2D eigenvalue weighted by atomic mass is 9.94. The number of aliphatic hydroxyl groups excluding tert-OH is 1. The largest absolute Gasteiger partial charge is 0.507 e. The molecule has 0 aromatic heterocycles. The highest BCUT2D eigenvalue weighted by Gasteiger charge is 2.45. The Morgan fingerprint density at radius 2 is 1.79 bits per heavy atom. The van der Waals surface area contributed by atoms with Crippen LogP contribution in [0.15, 0.2) is 48.0 Å². The number of carbonyl (C=O) groups is 2. The third kappa shape index (κ3) is 5.05. The van der Waals surface area contributed by atoms with Crippen LogP contribution in [0.4, 0.5) is 5.69 Å². The third-order valence-corrected chi connectivity index (χ3v) is 5.75. The van der Waals surface area contributed by atoms with Gasteiger partial charge in [-0.05, 0) is 60.7 Å². The summed E-state index contributed by atoms with van der Waals surface area (Å²) in [6.07, 6.45) is 0.709. The fourth-order valence-electron chi connectivity index (χ4n) is 4.02. The molecule has 1 atom stereocenters. The maximum atomic E-state index is 13.1. The Balaban J connectivity index is 2.07. The molecule has 0 saturated carbocycles. The molecule has 176 valence electrons. The van der Waals surface area contributed by atoms with E-state index in [9.17, 15) is 14.7 Å². The van der Waals surface area contributed by atoms with E-state index >= 15 is 0 Å². The highest BCUT2D eigenvalue weighted by Crippen LogP contribution is 2.40. The number of anilines is 1. The van der Waals surface area contributed by atoms with E-state index in [1.165, 1.54) is 0 Å². The highest BCUT2D eigenvalue weighted by molar-refractivity contribution is 6.46. The highest BCUT2D eigenvalue weighted by atomic mass is 16.5. The van der Waals surface area contributed by atoms with Crippen LogP contribution >= 0.6 is 0 Å². The Hall–Kier alpha value is -3.28. The standard InChI is InChI=1S/C27H34N2O4/c1-7-14-29-24(19-8-11-21(12-9-19)28(5)6)23(26(31)27(29)32)25(30)20-10-13-22(18(4)15-20)33-16-17(2)3/h8-13,15,17,24,30H,7,14,16H2,1-6H3/b25-23-. The topological polar surface area (TPSA) is 70.1 Å². The molecule has 1 aliphatic rings. The molecule has 3 rings (SSSR count). The Morgan fingerprint density at radius 3 is 2.33 bits per heavy atom. The van der Waals surface area contributed by atoms with Crippen LogP contribution in [-0.4, -0.2) is 48.9 Å². The molecule has 1 unspecified atom stereocenters. The average Bonchev–Trinajstić information content (AvgIpc) is 3.03. The molecule has 6 heteroatoms. The van der Waals surface area contributed by atoms with Gasteiger partial charge in [0.15, 0.2) is 0 Å². The number of benzene rings is 2. The first kappa shape index (κ1) is 24.4. The van der Waals surface area contributed by atoms with Gasteiger partial charge in [0.05, 0.1) is 18.2 Å². The van der Waals surface area contributed by atoms with E-state index in [1.807, 2.05) is 57.1 Å². The third-order valence-electron chi connectivity index (χ3n) is 5.75. The summed E-state index contributed by atoms with van der Waals surface area (Å²) in [4.78, 5) is 29.5. The molecule has 1 aliphatic heterocycles. The number of likely N-dealkylation sites (tertiary alicyclic amines) is 1. The summed E-state index contributed by atoms with van der Waals surface area (Å²) < 4.78 is 5.84. The van der Waals surface area contributed by atoms with Gasteiger partial charge in [0.2, 0.25) is 0 Å². The number of carbonyl (C=O) groups excluding carboxylic acids is 2. The molecule has 0 bridgehead atoms. The van der Waals surface area contributed by atoms with E-state index in [0.717, 1.165) is 22.6 Å². The fourth-order valence-corrected chi connectivity index (χ4v) is 4.02. The first-order valence-electron chi connectivity index (χ1n) is 11.4. The number of nitrogens with zero attached hydrogens (tertiary/aromatic N) is 2. The molecule has 1 fully saturated rings. The maximum Gasteiger partial charge on any atom is 0.295 e. The second-order valence-electron chi connectivity index (χ2n) is 9.16. The molecule has 0 radical (unpaired) electrons. The average molecular weight is 451 g/mol. The Labute approximate surface area is 196 Å². The number of Topliss-reactive ketones (excluding diaryl/α,β-unsaturated/α-hetero) is 1. The molecular weight excluding hydrogens is 416 g/mol. The van der Waals surface area contributed by atoms with E-state index in [1.54, 1.807) is 23.1 Å². The van der Waals surface area contributed by atoms with Crippen LogP contribution in [0.1, 0.15) is 49.9 Å². The molecule has 0 spiro atoms. The maximum absolute atomic E-state index is 13.1. The summed E-state index contributed by atoms with van der Waals surface area (Å²) in [5.74, 6) is -0.255. The second-order valence-corrected chi connectivity index (χ2v) is 9.16. The Bertz CT molecular complexity index is 1050. The van der Waals surface area contributed by atoms with Gasteiger partial charge in [-0.1, -0.05) is 32.9 Å². The molecule has 1 amide bonds. The molecule has 1 heterocycles. The normalized spacial score (nSPS) is 17.7. The van der Waals surface area contributed by atoms with Crippen molar-refractivity contribution in [2.75, 3.05) is 32.1 Å². The van der Waals surface area contributed by atoms with Crippen LogP contribution in [0.3, 0.4) is 0 Å². The van der Waals surface area contributed by atoms with Crippen molar-refractivity contribution in [3.05, 3.63) is 64.7 Å². The van der Waals surface area contributed by atoms with Crippen molar-refractivity contribution in [3.8, 4) is 5.75 Å². The van der Waals surface area contributed by atoms with Crippen molar-refractivity contribution in [3.63, 3.8) is 0 Å². The quantitative estimate of drug-likeness (QED) is 0.351. The smallest absolute Gasteiger partial charge is 0.295 e. The Morgan fingerprint density at radius 1 is 1.12 bits per heavy atom. The summed E-state index contributed by atoms with van der Waals surface area (Å²) in [6, 6.07) is 12.4. The molecule has 2 aromatic carbocycles. The molecule has 0 aliphatic carbocycles. The van der Waals surface area contributed by atoms with E-state index in [-0.39, 0.29) is 11.3 Å². The van der Waals surface area contributed by atoms with Gasteiger partial charge in [-0.25, -0.2) is 0 Å². The molecular formula is C27H34N2O4. The molecule has 1 N–H and O–H groups in total. The lowest BCUT2D eigenvalue weighted by Crippen LogP contribution is -2.30. The van der Waals surface area contributed by atoms with Crippen LogP contribution in [0.25, 0.3) is 5.76 Å². The van der Waals surface area contributed by atoms with E-state index in [0.29, 0.717) is 31.1 Å². The van der Waals surface area contributed by atoms with E-state index in [2.05, 4.69) is 13.8 Å². The monoisotopic (exact) mass is 450 g/mol. The van der Waals surface area contributed by atoms with Gasteiger partial charge in [-0.15, -0.1) is 0 Å². The molecule has 1 saturated heterocycles. The van der Waals surface area contributed by atoms with E-state index < -0.39 is 17.7 Å². The first-order chi connectivity index (χ1) is 15.6. The first-order valence-corrected chi connectivity index (χ1v) is 11.4. The van der Waals surface area contributed by atoms with Crippen molar-refractivity contribution >= 4 is 23.1 Å². The van der Waals surface area contributed by atoms with Gasteiger partial charge in [-0.3, -0.25) is 9.59 Å². The summed E-state index contributed by atoms with van der Waals surface area (Å²) in [5, 5.41) is 11.2. The van der Waals surface area contributed by atoms with Crippen LogP contribution in [0.5, 0.6) is 5.75 Å². The zero-order valence-electron chi connectivity index (χ0n) is 20.4. The van der Waals surface area contributed by atoms with Crippen molar-refractivity contribution in [1.29, 1.82) is 0 Å². The number of aliphatic hydroxyl groups is 1. The van der Waals surface area contributed by atoms with Crippen molar-refractivity contribution in [2.24, 2.45) is 5.92 Å². The molecule has 6 nitrogen and oxygen atoms in total. The van der Waals surface area contributed by atoms with Gasteiger partial charge in [-0.2, -0.15) is 0 Å². The van der Waals surface area contributed by atoms with Crippen molar-refractivity contribution < 1.29 is 19.4 Å². The zero-order chi connectivity index (χ0) is 24.3. The van der Waals surface area contributed by atoms with Gasteiger partial charge < -0.3 is 19.6 Å². The van der Waals surface area contributed by atoms with Crippen LogP contribution in [0.2, 0.25) is 0 Å². The van der Waals surface area contributed by atoms with Gasteiger partial charge in [0, 0.05) is 31.9 Å². The number of hydrogen-bond acceptors (Lipinski definition) is 5. The van der Waals surface area contributed by atoms with Crippen LogP contribution in [0, 0.1) is 12.8 Å². The number of rotatable bonds is 8. The zero-order valence-corrected chi connectivity index (χ0v) is 20.4. The summed E-state index contributed by atoms with van der Waals surface area (Å²) in [5.41, 5.74) is 3.28.